The van der Waals surface area contributed by atoms with Gasteiger partial charge in [0.25, 0.3) is 0 Å². The molecule has 0 aromatic carbocycles. The SMILES string of the molecule is CCCC(CC)(CCC)OP(=O)(O)O. The zero-order valence-electron chi connectivity index (χ0n) is 9.19. The minimum Gasteiger partial charge on any atom is -0.303 e. The summed E-state index contributed by atoms with van der Waals surface area (Å²) in [5.74, 6) is 0. The fourth-order valence-electron chi connectivity index (χ4n) is 1.80. The van der Waals surface area contributed by atoms with Gasteiger partial charge in [-0.3, -0.25) is 4.52 Å². The van der Waals surface area contributed by atoms with Crippen LogP contribution in [-0.4, -0.2) is 15.4 Å². The summed E-state index contributed by atoms with van der Waals surface area (Å²) in [4.78, 5) is 17.7. The van der Waals surface area contributed by atoms with Gasteiger partial charge in [-0.25, -0.2) is 4.57 Å². The number of rotatable bonds is 7. The third kappa shape index (κ3) is 5.11. The van der Waals surface area contributed by atoms with Crippen molar-refractivity contribution in [3.8, 4) is 0 Å². The minimum absolute atomic E-state index is 0.636. The highest BCUT2D eigenvalue weighted by Gasteiger charge is 2.34. The van der Waals surface area contributed by atoms with Crippen molar-refractivity contribution in [1.29, 1.82) is 0 Å². The van der Waals surface area contributed by atoms with Crippen molar-refractivity contribution < 1.29 is 18.9 Å². The van der Waals surface area contributed by atoms with E-state index in [9.17, 15) is 4.57 Å². The highest BCUT2D eigenvalue weighted by Crippen LogP contribution is 2.46. The average Bonchev–Trinajstić information content (AvgIpc) is 2.02. The van der Waals surface area contributed by atoms with E-state index in [2.05, 4.69) is 0 Å². The quantitative estimate of drug-likeness (QED) is 0.652. The molecule has 0 spiro atoms. The largest absolute Gasteiger partial charge is 0.470 e. The molecule has 2 N–H and O–H groups in total. The second-order valence-electron chi connectivity index (χ2n) is 3.62. The number of hydrogen-bond donors (Lipinski definition) is 2. The van der Waals surface area contributed by atoms with Crippen LogP contribution in [0.4, 0.5) is 0 Å². The Labute approximate surface area is 85.9 Å². The second-order valence-corrected chi connectivity index (χ2v) is 4.78. The predicted molar refractivity (Wildman–Crippen MR) is 56.0 cm³/mol. The first-order chi connectivity index (χ1) is 6.39. The van der Waals surface area contributed by atoms with Crippen LogP contribution in [-0.2, 0) is 9.09 Å². The standard InChI is InChI=1S/C9H21O4P/c1-4-7-9(6-3,8-5-2)13-14(10,11)12/h4-8H2,1-3H3,(H2,10,11,12). The van der Waals surface area contributed by atoms with Crippen LogP contribution in [0.1, 0.15) is 52.9 Å². The van der Waals surface area contributed by atoms with Crippen LogP contribution in [0.3, 0.4) is 0 Å². The van der Waals surface area contributed by atoms with Gasteiger partial charge in [-0.2, -0.15) is 0 Å². The smallest absolute Gasteiger partial charge is 0.303 e. The molecule has 0 radical (unpaired) electrons. The molecule has 0 bridgehead atoms. The molecule has 0 fully saturated rings. The molecular weight excluding hydrogens is 203 g/mol. The first-order valence-corrected chi connectivity index (χ1v) is 6.68. The highest BCUT2D eigenvalue weighted by atomic mass is 31.2. The summed E-state index contributed by atoms with van der Waals surface area (Å²) in [7, 11) is -4.36. The monoisotopic (exact) mass is 224 g/mol. The molecule has 0 atom stereocenters. The first kappa shape index (κ1) is 14.1. The lowest BCUT2D eigenvalue weighted by molar-refractivity contribution is 0.0143. The molecule has 0 aliphatic carbocycles. The molecule has 0 rings (SSSR count). The Morgan fingerprint density at radius 1 is 1.14 bits per heavy atom. The zero-order chi connectivity index (χ0) is 11.2. The van der Waals surface area contributed by atoms with Crippen LogP contribution in [0.5, 0.6) is 0 Å². The molecule has 0 amide bonds. The van der Waals surface area contributed by atoms with E-state index in [0.717, 1.165) is 12.8 Å². The number of hydrogen-bond acceptors (Lipinski definition) is 2. The summed E-state index contributed by atoms with van der Waals surface area (Å²) >= 11 is 0. The van der Waals surface area contributed by atoms with Crippen LogP contribution in [0.15, 0.2) is 0 Å². The Bertz CT molecular complexity index is 193. The zero-order valence-corrected chi connectivity index (χ0v) is 10.1. The van der Waals surface area contributed by atoms with Crippen molar-refractivity contribution in [2.75, 3.05) is 0 Å². The fraction of sp³-hybridized carbons (Fsp3) is 1.00. The Morgan fingerprint density at radius 2 is 1.57 bits per heavy atom. The molecule has 0 heterocycles. The molecule has 0 aromatic heterocycles. The van der Waals surface area contributed by atoms with E-state index >= 15 is 0 Å². The molecule has 0 aliphatic rings. The van der Waals surface area contributed by atoms with Crippen molar-refractivity contribution in [1.82, 2.24) is 0 Å². The van der Waals surface area contributed by atoms with Gasteiger partial charge >= 0.3 is 7.82 Å². The van der Waals surface area contributed by atoms with E-state index in [1.54, 1.807) is 0 Å². The third-order valence-electron chi connectivity index (χ3n) is 2.37. The third-order valence-corrected chi connectivity index (χ3v) is 2.99. The lowest BCUT2D eigenvalue weighted by Crippen LogP contribution is -2.30. The van der Waals surface area contributed by atoms with E-state index in [4.69, 9.17) is 14.3 Å². The van der Waals surface area contributed by atoms with E-state index in [1.807, 2.05) is 20.8 Å². The summed E-state index contributed by atoms with van der Waals surface area (Å²) in [5, 5.41) is 0. The summed E-state index contributed by atoms with van der Waals surface area (Å²) < 4.78 is 15.7. The number of phosphoric ester groups is 1. The molecule has 14 heavy (non-hydrogen) atoms. The number of phosphoric acid groups is 1. The maximum Gasteiger partial charge on any atom is 0.470 e. The van der Waals surface area contributed by atoms with Gasteiger partial charge in [0.2, 0.25) is 0 Å². The average molecular weight is 224 g/mol. The molecule has 5 heteroatoms. The van der Waals surface area contributed by atoms with E-state index in [0.29, 0.717) is 19.3 Å². The van der Waals surface area contributed by atoms with E-state index < -0.39 is 13.4 Å². The highest BCUT2D eigenvalue weighted by molar-refractivity contribution is 7.46. The van der Waals surface area contributed by atoms with Gasteiger partial charge in [0.1, 0.15) is 0 Å². The summed E-state index contributed by atoms with van der Waals surface area (Å²) in [6.07, 6.45) is 3.77. The lowest BCUT2D eigenvalue weighted by Gasteiger charge is -2.32. The minimum atomic E-state index is -4.36. The van der Waals surface area contributed by atoms with E-state index in [1.165, 1.54) is 0 Å². The van der Waals surface area contributed by atoms with Crippen LogP contribution < -0.4 is 0 Å². The Hall–Kier alpha value is 0.110. The lowest BCUT2D eigenvalue weighted by atomic mass is 9.90. The molecule has 0 aromatic rings. The summed E-state index contributed by atoms with van der Waals surface area (Å²) in [6.45, 7) is 5.88. The molecule has 0 saturated heterocycles. The van der Waals surface area contributed by atoms with Crippen LogP contribution >= 0.6 is 7.82 Å². The van der Waals surface area contributed by atoms with Crippen molar-refractivity contribution >= 4 is 7.82 Å². The molecule has 4 nitrogen and oxygen atoms in total. The van der Waals surface area contributed by atoms with Crippen molar-refractivity contribution in [3.63, 3.8) is 0 Å². The van der Waals surface area contributed by atoms with Crippen molar-refractivity contribution in [2.24, 2.45) is 0 Å². The Balaban J connectivity index is 4.56. The normalized spacial score (nSPS) is 13.2. The van der Waals surface area contributed by atoms with Crippen molar-refractivity contribution in [3.05, 3.63) is 0 Å². The fourth-order valence-corrected chi connectivity index (χ4v) is 2.61. The first-order valence-electron chi connectivity index (χ1n) is 5.15. The van der Waals surface area contributed by atoms with Gasteiger partial charge in [0, 0.05) is 0 Å². The van der Waals surface area contributed by atoms with Gasteiger partial charge in [0.15, 0.2) is 0 Å². The van der Waals surface area contributed by atoms with Crippen molar-refractivity contribution in [2.45, 2.75) is 58.5 Å². The van der Waals surface area contributed by atoms with Crippen LogP contribution in [0.2, 0.25) is 0 Å². The van der Waals surface area contributed by atoms with Crippen LogP contribution in [0, 0.1) is 0 Å². The van der Waals surface area contributed by atoms with E-state index in [-0.39, 0.29) is 0 Å². The maximum absolute atomic E-state index is 10.8. The second kappa shape index (κ2) is 5.86. The molecule has 0 unspecified atom stereocenters. The van der Waals surface area contributed by atoms with Gasteiger partial charge < -0.3 is 9.79 Å². The van der Waals surface area contributed by atoms with Gasteiger partial charge in [0.05, 0.1) is 5.60 Å². The summed E-state index contributed by atoms with van der Waals surface area (Å²) in [6, 6.07) is 0. The van der Waals surface area contributed by atoms with Gasteiger partial charge in [-0.15, -0.1) is 0 Å². The molecule has 0 aliphatic heterocycles. The topological polar surface area (TPSA) is 66.8 Å². The van der Waals surface area contributed by atoms with Gasteiger partial charge in [-0.05, 0) is 19.3 Å². The molecular formula is C9H21O4P. The molecule has 0 saturated carbocycles. The Kier molecular flexibility index (Phi) is 5.91. The Morgan fingerprint density at radius 3 is 1.79 bits per heavy atom. The molecule has 86 valence electrons. The maximum atomic E-state index is 10.8. The van der Waals surface area contributed by atoms with Gasteiger partial charge in [-0.1, -0.05) is 33.6 Å². The predicted octanol–water partition coefficient (Wildman–Crippen LogP) is 2.84. The van der Waals surface area contributed by atoms with Crippen LogP contribution in [0.25, 0.3) is 0 Å². The summed E-state index contributed by atoms with van der Waals surface area (Å²) in [5.41, 5.74) is -0.636.